The third kappa shape index (κ3) is 3.13. The molecule has 0 N–H and O–H groups in total. The van der Waals surface area contributed by atoms with Crippen LogP contribution in [0.2, 0.25) is 0 Å². The Bertz CT molecular complexity index is 1170. The Morgan fingerprint density at radius 2 is 1.56 bits per heavy atom. The number of nitrogens with zero attached hydrogens (tertiary/aromatic N) is 1. The molecule has 1 aliphatic carbocycles. The third-order valence-electron chi connectivity index (χ3n) is 7.16. The second-order valence-corrected chi connectivity index (χ2v) is 8.91. The van der Waals surface area contributed by atoms with E-state index in [9.17, 15) is 9.18 Å². The van der Waals surface area contributed by atoms with Crippen molar-refractivity contribution in [3.05, 3.63) is 101 Å². The molecule has 2 atom stereocenters. The first-order valence-electron chi connectivity index (χ1n) is 11.3. The standard InChI is InChI=1S/C28H24FNO2/c29-20-11-9-18(10-12-20)19-15-21-13-14-22(16-19)30(21)28(31)32-17-27-25-7-3-1-5-23(25)24-6-2-4-8-26(24)27/h1-12,15,21-22,27H,13-14,16-17H2. The minimum atomic E-state index is -0.228. The first-order chi connectivity index (χ1) is 15.7. The summed E-state index contributed by atoms with van der Waals surface area (Å²) >= 11 is 0. The monoisotopic (exact) mass is 425 g/mol. The van der Waals surface area contributed by atoms with Gasteiger partial charge in [0.2, 0.25) is 0 Å². The summed E-state index contributed by atoms with van der Waals surface area (Å²) in [6.07, 6.45) is 4.63. The fourth-order valence-corrected chi connectivity index (χ4v) is 5.66. The molecular weight excluding hydrogens is 401 g/mol. The van der Waals surface area contributed by atoms with Crippen LogP contribution in [0.4, 0.5) is 9.18 Å². The van der Waals surface area contributed by atoms with Gasteiger partial charge < -0.3 is 4.74 Å². The SMILES string of the molecule is O=C(OCC1c2ccccc2-c2ccccc21)N1C2C=C(c3ccc(F)cc3)CC1CC2. The van der Waals surface area contributed by atoms with Gasteiger partial charge in [0.05, 0.1) is 6.04 Å². The number of hydrogen-bond acceptors (Lipinski definition) is 2. The Labute approximate surface area is 187 Å². The van der Waals surface area contributed by atoms with Crippen LogP contribution in [-0.2, 0) is 4.74 Å². The van der Waals surface area contributed by atoms with Crippen molar-refractivity contribution in [1.82, 2.24) is 4.90 Å². The zero-order valence-electron chi connectivity index (χ0n) is 17.7. The Morgan fingerprint density at radius 3 is 2.22 bits per heavy atom. The molecule has 160 valence electrons. The maximum atomic E-state index is 13.3. The molecule has 3 nitrogen and oxygen atoms in total. The highest BCUT2D eigenvalue weighted by Gasteiger charge is 2.41. The number of ether oxygens (including phenoxy) is 1. The fraction of sp³-hybridized carbons (Fsp3) is 0.250. The molecule has 2 unspecified atom stereocenters. The summed E-state index contributed by atoms with van der Waals surface area (Å²) in [5.74, 6) is -0.160. The average molecular weight is 426 g/mol. The third-order valence-corrected chi connectivity index (χ3v) is 7.16. The van der Waals surface area contributed by atoms with Crippen molar-refractivity contribution in [2.75, 3.05) is 6.61 Å². The molecule has 4 heteroatoms. The minimum absolute atomic E-state index is 0.0458. The number of carbonyl (C=O) groups excluding carboxylic acids is 1. The Hall–Kier alpha value is -3.40. The van der Waals surface area contributed by atoms with Crippen LogP contribution in [0.3, 0.4) is 0 Å². The van der Waals surface area contributed by atoms with Gasteiger partial charge >= 0.3 is 6.09 Å². The molecule has 3 aliphatic rings. The molecule has 3 aromatic rings. The van der Waals surface area contributed by atoms with Crippen molar-refractivity contribution >= 4 is 11.7 Å². The number of rotatable bonds is 3. The van der Waals surface area contributed by atoms with Crippen molar-refractivity contribution in [2.24, 2.45) is 0 Å². The Kier molecular flexibility index (Phi) is 4.60. The van der Waals surface area contributed by atoms with E-state index in [0.717, 1.165) is 24.8 Å². The van der Waals surface area contributed by atoms with Gasteiger partial charge in [-0.05, 0) is 64.8 Å². The molecular formula is C28H24FNO2. The van der Waals surface area contributed by atoms with E-state index in [1.54, 1.807) is 0 Å². The quantitative estimate of drug-likeness (QED) is 0.486. The summed E-state index contributed by atoms with van der Waals surface area (Å²) in [7, 11) is 0. The number of carbonyl (C=O) groups is 1. The van der Waals surface area contributed by atoms with Crippen molar-refractivity contribution in [3.8, 4) is 11.1 Å². The van der Waals surface area contributed by atoms with Gasteiger partial charge in [0, 0.05) is 12.0 Å². The lowest BCUT2D eigenvalue weighted by atomic mass is 9.95. The lowest BCUT2D eigenvalue weighted by Crippen LogP contribution is -2.43. The smallest absolute Gasteiger partial charge is 0.410 e. The van der Waals surface area contributed by atoms with Gasteiger partial charge in [0.1, 0.15) is 12.4 Å². The van der Waals surface area contributed by atoms with E-state index in [4.69, 9.17) is 4.74 Å². The zero-order chi connectivity index (χ0) is 21.7. The van der Waals surface area contributed by atoms with Crippen LogP contribution >= 0.6 is 0 Å². The van der Waals surface area contributed by atoms with Crippen LogP contribution in [0, 0.1) is 5.82 Å². The van der Waals surface area contributed by atoms with Gasteiger partial charge in [0.25, 0.3) is 0 Å². The highest BCUT2D eigenvalue weighted by Crippen LogP contribution is 2.45. The number of hydrogen-bond donors (Lipinski definition) is 0. The summed E-state index contributed by atoms with van der Waals surface area (Å²) < 4.78 is 19.2. The van der Waals surface area contributed by atoms with Crippen LogP contribution in [-0.4, -0.2) is 29.7 Å². The molecule has 2 bridgehead atoms. The Balaban J connectivity index is 1.20. The molecule has 1 amide bonds. The summed E-state index contributed by atoms with van der Waals surface area (Å²) in [4.78, 5) is 15.1. The van der Waals surface area contributed by atoms with E-state index in [2.05, 4.69) is 42.5 Å². The number of benzene rings is 3. The summed E-state index contributed by atoms with van der Waals surface area (Å²) in [5.41, 5.74) is 7.14. The van der Waals surface area contributed by atoms with Crippen molar-refractivity contribution in [1.29, 1.82) is 0 Å². The second-order valence-electron chi connectivity index (χ2n) is 8.91. The largest absolute Gasteiger partial charge is 0.448 e. The first kappa shape index (κ1) is 19.3. The van der Waals surface area contributed by atoms with E-state index in [-0.39, 0.29) is 29.9 Å². The van der Waals surface area contributed by atoms with E-state index in [1.807, 2.05) is 29.2 Å². The van der Waals surface area contributed by atoms with Crippen molar-refractivity contribution in [3.63, 3.8) is 0 Å². The van der Waals surface area contributed by atoms with Gasteiger partial charge in [-0.2, -0.15) is 0 Å². The zero-order valence-corrected chi connectivity index (χ0v) is 17.7. The number of amides is 1. The molecule has 32 heavy (non-hydrogen) atoms. The summed E-state index contributed by atoms with van der Waals surface area (Å²) in [5, 5.41) is 0. The molecule has 1 fully saturated rings. The van der Waals surface area contributed by atoms with Crippen LogP contribution in [0.15, 0.2) is 78.9 Å². The normalized spacial score (nSPS) is 21.2. The summed E-state index contributed by atoms with van der Waals surface area (Å²) in [6.45, 7) is 0.345. The maximum absolute atomic E-state index is 13.3. The van der Waals surface area contributed by atoms with Crippen LogP contribution in [0.25, 0.3) is 16.7 Å². The summed E-state index contributed by atoms with van der Waals surface area (Å²) in [6, 6.07) is 23.6. The fourth-order valence-electron chi connectivity index (χ4n) is 5.66. The predicted octanol–water partition coefficient (Wildman–Crippen LogP) is 6.39. The van der Waals surface area contributed by atoms with Crippen molar-refractivity contribution < 1.29 is 13.9 Å². The highest BCUT2D eigenvalue weighted by molar-refractivity contribution is 5.79. The minimum Gasteiger partial charge on any atom is -0.448 e. The lowest BCUT2D eigenvalue weighted by molar-refractivity contribution is 0.0866. The van der Waals surface area contributed by atoms with Crippen LogP contribution < -0.4 is 0 Å². The number of halogens is 1. The van der Waals surface area contributed by atoms with Gasteiger partial charge in [-0.15, -0.1) is 0 Å². The topological polar surface area (TPSA) is 29.5 Å². The van der Waals surface area contributed by atoms with Gasteiger partial charge in [-0.25, -0.2) is 9.18 Å². The lowest BCUT2D eigenvalue weighted by Gasteiger charge is -2.33. The number of fused-ring (bicyclic) bond motifs is 5. The molecule has 0 spiro atoms. The first-order valence-corrected chi connectivity index (χ1v) is 11.3. The molecule has 0 saturated carbocycles. The molecule has 1 saturated heterocycles. The molecule has 2 heterocycles. The predicted molar refractivity (Wildman–Crippen MR) is 123 cm³/mol. The van der Waals surface area contributed by atoms with Gasteiger partial charge in [0.15, 0.2) is 0 Å². The van der Waals surface area contributed by atoms with Crippen molar-refractivity contribution in [2.45, 2.75) is 37.3 Å². The van der Waals surface area contributed by atoms with Crippen LogP contribution in [0.1, 0.15) is 41.9 Å². The van der Waals surface area contributed by atoms with E-state index >= 15 is 0 Å². The van der Waals surface area contributed by atoms with Gasteiger partial charge in [-0.3, -0.25) is 4.90 Å². The highest BCUT2D eigenvalue weighted by atomic mass is 19.1. The molecule has 3 aromatic carbocycles. The maximum Gasteiger partial charge on any atom is 0.410 e. The van der Waals surface area contributed by atoms with Gasteiger partial charge in [-0.1, -0.05) is 66.7 Å². The van der Waals surface area contributed by atoms with E-state index in [1.165, 1.54) is 40.0 Å². The average Bonchev–Trinajstić information content (AvgIpc) is 3.29. The molecule has 6 rings (SSSR count). The molecule has 0 radical (unpaired) electrons. The van der Waals surface area contributed by atoms with E-state index in [0.29, 0.717) is 6.61 Å². The van der Waals surface area contributed by atoms with E-state index < -0.39 is 0 Å². The van der Waals surface area contributed by atoms with Crippen LogP contribution in [0.5, 0.6) is 0 Å². The Morgan fingerprint density at radius 1 is 0.906 bits per heavy atom. The molecule has 0 aromatic heterocycles. The molecule has 2 aliphatic heterocycles. The second kappa shape index (κ2) is 7.63.